The third-order valence-electron chi connectivity index (χ3n) is 5.36. The summed E-state index contributed by atoms with van der Waals surface area (Å²) in [4.78, 5) is 14.9. The van der Waals surface area contributed by atoms with Crippen LogP contribution in [0.15, 0.2) is 36.5 Å². The summed E-state index contributed by atoms with van der Waals surface area (Å²) in [7, 11) is 0. The molecular weight excluding hydrogens is 314 g/mol. The number of piperidine rings is 1. The fourth-order valence-corrected chi connectivity index (χ4v) is 3.99. The third-order valence-corrected chi connectivity index (χ3v) is 5.36. The number of H-pyrrole nitrogens is 1. The predicted molar refractivity (Wildman–Crippen MR) is 95.8 cm³/mol. The van der Waals surface area contributed by atoms with Gasteiger partial charge in [-0.05, 0) is 62.8 Å². The van der Waals surface area contributed by atoms with E-state index in [0.717, 1.165) is 55.8 Å². The minimum absolute atomic E-state index is 0.0982. The van der Waals surface area contributed by atoms with Gasteiger partial charge in [-0.3, -0.25) is 9.89 Å². The second-order valence-electron chi connectivity index (χ2n) is 7.15. The van der Waals surface area contributed by atoms with Crippen LogP contribution in [0.2, 0.25) is 0 Å². The van der Waals surface area contributed by atoms with Gasteiger partial charge in [-0.25, -0.2) is 0 Å². The van der Waals surface area contributed by atoms with Crippen LogP contribution in [-0.4, -0.2) is 40.2 Å². The quantitative estimate of drug-likeness (QED) is 0.923. The van der Waals surface area contributed by atoms with E-state index in [1.807, 2.05) is 35.2 Å². The van der Waals surface area contributed by atoms with Crippen molar-refractivity contribution in [1.29, 1.82) is 0 Å². The lowest BCUT2D eigenvalue weighted by Crippen LogP contribution is -2.39. The summed E-state index contributed by atoms with van der Waals surface area (Å²) in [6, 6.07) is 9.69. The van der Waals surface area contributed by atoms with E-state index >= 15 is 0 Å². The first-order chi connectivity index (χ1) is 12.3. The number of benzene rings is 1. The number of ether oxygens (including phenoxy) is 1. The molecule has 5 nitrogen and oxygen atoms in total. The summed E-state index contributed by atoms with van der Waals surface area (Å²) in [5, 5.41) is 7.09. The van der Waals surface area contributed by atoms with Crippen LogP contribution in [0.3, 0.4) is 0 Å². The average Bonchev–Trinajstić information content (AvgIpc) is 3.35. The smallest absolute Gasteiger partial charge is 0.254 e. The molecule has 0 spiro atoms. The van der Waals surface area contributed by atoms with Gasteiger partial charge in [0.1, 0.15) is 5.75 Å². The number of likely N-dealkylation sites (tertiary alicyclic amines) is 1. The largest absolute Gasteiger partial charge is 0.490 e. The van der Waals surface area contributed by atoms with E-state index in [2.05, 4.69) is 10.2 Å². The fourth-order valence-electron chi connectivity index (χ4n) is 3.99. The Balaban J connectivity index is 1.44. The molecule has 25 heavy (non-hydrogen) atoms. The number of aromatic amines is 1. The van der Waals surface area contributed by atoms with Crippen molar-refractivity contribution in [2.24, 2.45) is 0 Å². The fraction of sp³-hybridized carbons (Fsp3) is 0.500. The Hall–Kier alpha value is -2.30. The van der Waals surface area contributed by atoms with Gasteiger partial charge in [0, 0.05) is 36.5 Å². The molecular formula is C20H25N3O2. The van der Waals surface area contributed by atoms with Crippen molar-refractivity contribution in [2.75, 3.05) is 13.1 Å². The summed E-state index contributed by atoms with van der Waals surface area (Å²) < 4.78 is 6.05. The summed E-state index contributed by atoms with van der Waals surface area (Å²) in [6.45, 7) is 1.56. The monoisotopic (exact) mass is 339 g/mol. The molecule has 1 aromatic carbocycles. The summed E-state index contributed by atoms with van der Waals surface area (Å²) in [5.74, 6) is 1.26. The van der Waals surface area contributed by atoms with E-state index in [1.165, 1.54) is 12.8 Å². The first-order valence-electron chi connectivity index (χ1n) is 9.35. The van der Waals surface area contributed by atoms with E-state index < -0.39 is 0 Å². The maximum absolute atomic E-state index is 12.9. The number of rotatable bonds is 4. The van der Waals surface area contributed by atoms with Gasteiger partial charge in [0.25, 0.3) is 5.91 Å². The molecule has 1 aromatic heterocycles. The molecule has 2 aliphatic rings. The van der Waals surface area contributed by atoms with E-state index in [4.69, 9.17) is 4.74 Å². The van der Waals surface area contributed by atoms with Gasteiger partial charge in [0.15, 0.2) is 0 Å². The van der Waals surface area contributed by atoms with Gasteiger partial charge in [0.2, 0.25) is 0 Å². The number of carbonyl (C=O) groups excluding carboxylic acids is 1. The van der Waals surface area contributed by atoms with Crippen LogP contribution in [0, 0.1) is 0 Å². The molecule has 132 valence electrons. The summed E-state index contributed by atoms with van der Waals surface area (Å²) in [6.07, 6.45) is 8.93. The number of hydrogen-bond donors (Lipinski definition) is 1. The van der Waals surface area contributed by atoms with E-state index in [9.17, 15) is 4.79 Å². The topological polar surface area (TPSA) is 58.2 Å². The number of aromatic nitrogens is 2. The summed E-state index contributed by atoms with van der Waals surface area (Å²) in [5.41, 5.74) is 1.84. The third kappa shape index (κ3) is 3.70. The number of carbonyl (C=O) groups is 1. The van der Waals surface area contributed by atoms with Crippen LogP contribution in [0.25, 0.3) is 0 Å². The molecule has 1 unspecified atom stereocenters. The standard InChI is InChI=1S/C20H25N3O2/c24-20(23-12-4-6-16(14-23)19-10-11-21-22-19)15-5-3-9-18(13-15)25-17-7-1-2-8-17/h3,5,9-11,13,16-17H,1-2,4,6-8,12,14H2,(H,21,22). The van der Waals surface area contributed by atoms with Crippen LogP contribution in [-0.2, 0) is 0 Å². The van der Waals surface area contributed by atoms with Gasteiger partial charge in [-0.15, -0.1) is 0 Å². The Morgan fingerprint density at radius 2 is 2.04 bits per heavy atom. The Morgan fingerprint density at radius 1 is 1.16 bits per heavy atom. The van der Waals surface area contributed by atoms with Crippen LogP contribution >= 0.6 is 0 Å². The maximum atomic E-state index is 12.9. The van der Waals surface area contributed by atoms with Crippen molar-refractivity contribution in [3.8, 4) is 5.75 Å². The zero-order chi connectivity index (χ0) is 17.1. The molecule has 5 heteroatoms. The van der Waals surface area contributed by atoms with E-state index in [-0.39, 0.29) is 5.91 Å². The number of amides is 1. The zero-order valence-corrected chi connectivity index (χ0v) is 14.5. The first kappa shape index (κ1) is 16.2. The molecule has 1 aliphatic heterocycles. The van der Waals surface area contributed by atoms with Crippen molar-refractivity contribution < 1.29 is 9.53 Å². The lowest BCUT2D eigenvalue weighted by Gasteiger charge is -2.32. The predicted octanol–water partition coefficient (Wildman–Crippen LogP) is 3.75. The normalized spacial score (nSPS) is 21.4. The molecule has 1 amide bonds. The lowest BCUT2D eigenvalue weighted by molar-refractivity contribution is 0.0705. The molecule has 1 aliphatic carbocycles. The number of nitrogens with one attached hydrogen (secondary N) is 1. The second kappa shape index (κ2) is 7.30. The van der Waals surface area contributed by atoms with Gasteiger partial charge in [-0.2, -0.15) is 5.10 Å². The van der Waals surface area contributed by atoms with Gasteiger partial charge < -0.3 is 9.64 Å². The molecule has 2 heterocycles. The second-order valence-corrected chi connectivity index (χ2v) is 7.15. The Labute approximate surface area is 148 Å². The Bertz CT molecular complexity index is 707. The first-order valence-corrected chi connectivity index (χ1v) is 9.35. The SMILES string of the molecule is O=C(c1cccc(OC2CCCC2)c1)N1CCCC(c2ccn[nH]2)C1. The molecule has 1 N–H and O–H groups in total. The van der Waals surface area contributed by atoms with Crippen LogP contribution < -0.4 is 4.74 Å². The van der Waals surface area contributed by atoms with Gasteiger partial charge in [-0.1, -0.05) is 6.07 Å². The number of nitrogens with zero attached hydrogens (tertiary/aromatic N) is 2. The Kier molecular flexibility index (Phi) is 4.72. The molecule has 4 rings (SSSR count). The molecule has 2 fully saturated rings. The molecule has 0 radical (unpaired) electrons. The highest BCUT2D eigenvalue weighted by molar-refractivity contribution is 5.94. The van der Waals surface area contributed by atoms with Gasteiger partial charge >= 0.3 is 0 Å². The van der Waals surface area contributed by atoms with Crippen LogP contribution in [0.4, 0.5) is 0 Å². The van der Waals surface area contributed by atoms with Crippen LogP contribution in [0.5, 0.6) is 5.75 Å². The summed E-state index contributed by atoms with van der Waals surface area (Å²) >= 11 is 0. The lowest BCUT2D eigenvalue weighted by atomic mass is 9.94. The highest BCUT2D eigenvalue weighted by atomic mass is 16.5. The van der Waals surface area contributed by atoms with Crippen LogP contribution in [0.1, 0.15) is 60.5 Å². The van der Waals surface area contributed by atoms with Crippen molar-refractivity contribution >= 4 is 5.91 Å². The van der Waals surface area contributed by atoms with Crippen molar-refractivity contribution in [2.45, 2.75) is 50.5 Å². The van der Waals surface area contributed by atoms with E-state index in [1.54, 1.807) is 6.20 Å². The number of hydrogen-bond acceptors (Lipinski definition) is 3. The van der Waals surface area contributed by atoms with Crippen molar-refractivity contribution in [3.05, 3.63) is 47.8 Å². The maximum Gasteiger partial charge on any atom is 0.254 e. The highest BCUT2D eigenvalue weighted by Gasteiger charge is 2.26. The van der Waals surface area contributed by atoms with Crippen molar-refractivity contribution in [3.63, 3.8) is 0 Å². The minimum Gasteiger partial charge on any atom is -0.490 e. The molecule has 1 saturated carbocycles. The Morgan fingerprint density at radius 3 is 2.84 bits per heavy atom. The zero-order valence-electron chi connectivity index (χ0n) is 14.5. The molecule has 2 aromatic rings. The molecule has 1 saturated heterocycles. The molecule has 1 atom stereocenters. The van der Waals surface area contributed by atoms with E-state index in [0.29, 0.717) is 12.0 Å². The molecule has 0 bridgehead atoms. The average molecular weight is 339 g/mol. The minimum atomic E-state index is 0.0982. The highest BCUT2D eigenvalue weighted by Crippen LogP contribution is 2.28. The van der Waals surface area contributed by atoms with Crippen molar-refractivity contribution in [1.82, 2.24) is 15.1 Å². The van der Waals surface area contributed by atoms with Gasteiger partial charge in [0.05, 0.1) is 6.10 Å².